The van der Waals surface area contributed by atoms with Crippen LogP contribution < -0.4 is 9.47 Å². The lowest BCUT2D eigenvalue weighted by molar-refractivity contribution is 0.0730. The van der Waals surface area contributed by atoms with E-state index in [1.165, 1.54) is 0 Å². The highest BCUT2D eigenvalue weighted by molar-refractivity contribution is 5.93. The molecule has 104 valence electrons. The molecular formula is C16H16O4. The quantitative estimate of drug-likeness (QED) is 0.499. The van der Waals surface area contributed by atoms with Crippen LogP contribution in [0.4, 0.5) is 0 Å². The second-order valence-corrected chi connectivity index (χ2v) is 4.12. The van der Waals surface area contributed by atoms with Gasteiger partial charge in [0.2, 0.25) is 0 Å². The van der Waals surface area contributed by atoms with Crippen molar-refractivity contribution in [1.82, 2.24) is 0 Å². The van der Waals surface area contributed by atoms with Crippen molar-refractivity contribution in [3.05, 3.63) is 60.2 Å². The number of esters is 1. The molecule has 0 unspecified atom stereocenters. The van der Waals surface area contributed by atoms with Crippen molar-refractivity contribution in [1.29, 1.82) is 0 Å². The smallest absolute Gasteiger partial charge is 0.347 e. The van der Waals surface area contributed by atoms with Gasteiger partial charge in [-0.15, -0.1) is 0 Å². The summed E-state index contributed by atoms with van der Waals surface area (Å²) in [6.45, 7) is 0.406. The van der Waals surface area contributed by atoms with Crippen LogP contribution in [0.1, 0.15) is 16.8 Å². The molecule has 1 N–H and O–H groups in total. The Bertz CT molecular complexity index is 551. The molecule has 0 aliphatic heterocycles. The minimum absolute atomic E-state index is 0.0522. The molecule has 0 aromatic heterocycles. The Hall–Kier alpha value is -2.33. The van der Waals surface area contributed by atoms with Gasteiger partial charge in [0.05, 0.1) is 6.61 Å². The summed E-state index contributed by atoms with van der Waals surface area (Å²) in [6.07, 6.45) is 0.516. The van der Waals surface area contributed by atoms with E-state index in [0.717, 1.165) is 0 Å². The highest BCUT2D eigenvalue weighted by atomic mass is 16.5. The second kappa shape index (κ2) is 7.31. The van der Waals surface area contributed by atoms with Crippen LogP contribution in [0.5, 0.6) is 11.5 Å². The number of hydrogen-bond acceptors (Lipinski definition) is 4. The van der Waals surface area contributed by atoms with E-state index in [1.807, 2.05) is 6.07 Å². The summed E-state index contributed by atoms with van der Waals surface area (Å²) in [4.78, 5) is 12.1. The Morgan fingerprint density at radius 3 is 2.45 bits per heavy atom. The van der Waals surface area contributed by atoms with Crippen molar-refractivity contribution in [2.75, 3.05) is 13.2 Å². The molecule has 2 rings (SSSR count). The standard InChI is InChI=1S/C16H16O4/c17-11-6-12-19-15-10-5-4-9-14(15)16(18)20-13-7-2-1-3-8-13/h1-5,7-10,17H,6,11-12H2. The maximum Gasteiger partial charge on any atom is 0.347 e. The predicted molar refractivity (Wildman–Crippen MR) is 75.0 cm³/mol. The predicted octanol–water partition coefficient (Wildman–Crippen LogP) is 2.67. The number of benzene rings is 2. The van der Waals surface area contributed by atoms with E-state index in [2.05, 4.69) is 0 Å². The topological polar surface area (TPSA) is 55.8 Å². The van der Waals surface area contributed by atoms with Gasteiger partial charge in [-0.2, -0.15) is 0 Å². The molecule has 0 bridgehead atoms. The first-order valence-electron chi connectivity index (χ1n) is 6.41. The molecule has 0 aliphatic carbocycles. The number of aliphatic hydroxyl groups is 1. The summed E-state index contributed by atoms with van der Waals surface area (Å²) in [5.74, 6) is 0.486. The summed E-state index contributed by atoms with van der Waals surface area (Å²) >= 11 is 0. The summed E-state index contributed by atoms with van der Waals surface area (Å²) in [5.41, 5.74) is 0.370. The Morgan fingerprint density at radius 1 is 1.00 bits per heavy atom. The summed E-state index contributed by atoms with van der Waals surface area (Å²) in [6, 6.07) is 15.8. The molecule has 0 aliphatic rings. The summed E-state index contributed by atoms with van der Waals surface area (Å²) < 4.78 is 10.8. The van der Waals surface area contributed by atoms with E-state index in [0.29, 0.717) is 30.1 Å². The van der Waals surface area contributed by atoms with Gasteiger partial charge in [0.25, 0.3) is 0 Å². The van der Waals surface area contributed by atoms with E-state index in [4.69, 9.17) is 14.6 Å². The number of rotatable bonds is 6. The summed E-state index contributed by atoms with van der Waals surface area (Å²) in [5, 5.41) is 8.75. The first-order chi connectivity index (χ1) is 9.81. The maximum absolute atomic E-state index is 12.1. The third-order valence-corrected chi connectivity index (χ3v) is 2.62. The lowest BCUT2D eigenvalue weighted by Crippen LogP contribution is -2.11. The van der Waals surface area contributed by atoms with Crippen LogP contribution >= 0.6 is 0 Å². The van der Waals surface area contributed by atoms with Gasteiger partial charge >= 0.3 is 5.97 Å². The molecule has 2 aromatic rings. The van der Waals surface area contributed by atoms with Gasteiger partial charge in [-0.1, -0.05) is 30.3 Å². The fourth-order valence-corrected chi connectivity index (χ4v) is 1.66. The molecule has 0 saturated carbocycles. The van der Waals surface area contributed by atoms with Crippen molar-refractivity contribution < 1.29 is 19.4 Å². The average Bonchev–Trinajstić information content (AvgIpc) is 2.49. The molecule has 0 radical (unpaired) electrons. The largest absolute Gasteiger partial charge is 0.493 e. The number of ether oxygens (including phenoxy) is 2. The lowest BCUT2D eigenvalue weighted by atomic mass is 10.2. The lowest BCUT2D eigenvalue weighted by Gasteiger charge is -2.10. The molecule has 2 aromatic carbocycles. The van der Waals surface area contributed by atoms with E-state index >= 15 is 0 Å². The minimum atomic E-state index is -0.462. The van der Waals surface area contributed by atoms with Gasteiger partial charge in [-0.3, -0.25) is 0 Å². The molecule has 0 spiro atoms. The van der Waals surface area contributed by atoms with Gasteiger partial charge in [-0.25, -0.2) is 4.79 Å². The molecule has 0 fully saturated rings. The SMILES string of the molecule is O=C(Oc1ccccc1)c1ccccc1OCCCO. The normalized spacial score (nSPS) is 10.1. The van der Waals surface area contributed by atoms with Crippen molar-refractivity contribution >= 4 is 5.97 Å². The number of aliphatic hydroxyl groups excluding tert-OH is 1. The Balaban J connectivity index is 2.09. The molecule has 0 amide bonds. The Kier molecular flexibility index (Phi) is 5.15. The number of carbonyl (C=O) groups is 1. The fourth-order valence-electron chi connectivity index (χ4n) is 1.66. The van der Waals surface area contributed by atoms with E-state index in [9.17, 15) is 4.79 Å². The average molecular weight is 272 g/mol. The van der Waals surface area contributed by atoms with Crippen molar-refractivity contribution in [2.45, 2.75) is 6.42 Å². The van der Waals surface area contributed by atoms with Crippen LogP contribution in [0.2, 0.25) is 0 Å². The first kappa shape index (κ1) is 14.1. The molecule has 20 heavy (non-hydrogen) atoms. The van der Waals surface area contributed by atoms with Crippen LogP contribution in [-0.4, -0.2) is 24.3 Å². The monoisotopic (exact) mass is 272 g/mol. The number of carbonyl (C=O) groups excluding carboxylic acids is 1. The van der Waals surface area contributed by atoms with Gasteiger partial charge in [0, 0.05) is 13.0 Å². The van der Waals surface area contributed by atoms with Crippen molar-refractivity contribution in [3.63, 3.8) is 0 Å². The maximum atomic E-state index is 12.1. The van der Waals surface area contributed by atoms with Crippen LogP contribution in [0.15, 0.2) is 54.6 Å². The molecule has 0 saturated heterocycles. The number of para-hydroxylation sites is 2. The van der Waals surface area contributed by atoms with Gasteiger partial charge in [0.1, 0.15) is 17.1 Å². The van der Waals surface area contributed by atoms with Crippen LogP contribution in [-0.2, 0) is 0 Å². The van der Waals surface area contributed by atoms with Crippen molar-refractivity contribution in [3.8, 4) is 11.5 Å². The molecule has 0 atom stereocenters. The van der Waals surface area contributed by atoms with Crippen molar-refractivity contribution in [2.24, 2.45) is 0 Å². The third-order valence-electron chi connectivity index (χ3n) is 2.62. The van der Waals surface area contributed by atoms with Crippen LogP contribution in [0, 0.1) is 0 Å². The molecule has 0 heterocycles. The molecule has 4 heteroatoms. The third kappa shape index (κ3) is 3.83. The minimum Gasteiger partial charge on any atom is -0.493 e. The van der Waals surface area contributed by atoms with E-state index in [-0.39, 0.29) is 6.61 Å². The Morgan fingerprint density at radius 2 is 1.70 bits per heavy atom. The Labute approximate surface area is 117 Å². The highest BCUT2D eigenvalue weighted by Gasteiger charge is 2.14. The first-order valence-corrected chi connectivity index (χ1v) is 6.41. The summed E-state index contributed by atoms with van der Waals surface area (Å²) in [7, 11) is 0. The zero-order chi connectivity index (χ0) is 14.2. The van der Waals surface area contributed by atoms with E-state index in [1.54, 1.807) is 48.5 Å². The molecular weight excluding hydrogens is 256 g/mol. The zero-order valence-corrected chi connectivity index (χ0v) is 11.0. The molecule has 4 nitrogen and oxygen atoms in total. The zero-order valence-electron chi connectivity index (χ0n) is 11.0. The van der Waals surface area contributed by atoms with Gasteiger partial charge in [-0.05, 0) is 24.3 Å². The second-order valence-electron chi connectivity index (χ2n) is 4.12. The van der Waals surface area contributed by atoms with Gasteiger partial charge < -0.3 is 14.6 Å². The fraction of sp³-hybridized carbons (Fsp3) is 0.188. The van der Waals surface area contributed by atoms with Gasteiger partial charge in [0.15, 0.2) is 0 Å². The highest BCUT2D eigenvalue weighted by Crippen LogP contribution is 2.20. The van der Waals surface area contributed by atoms with E-state index < -0.39 is 5.97 Å². The number of hydrogen-bond donors (Lipinski definition) is 1. The van der Waals surface area contributed by atoms with Crippen LogP contribution in [0.25, 0.3) is 0 Å². The van der Waals surface area contributed by atoms with Crippen LogP contribution in [0.3, 0.4) is 0 Å².